The van der Waals surface area contributed by atoms with Gasteiger partial charge in [0.25, 0.3) is 15.6 Å². The first-order chi connectivity index (χ1) is 11.6. The van der Waals surface area contributed by atoms with Gasteiger partial charge in [0.05, 0.1) is 11.0 Å². The lowest BCUT2D eigenvalue weighted by Gasteiger charge is -2.13. The van der Waals surface area contributed by atoms with Crippen molar-refractivity contribution in [3.05, 3.63) is 58.9 Å². The summed E-state index contributed by atoms with van der Waals surface area (Å²) in [5, 5.41) is 0.134. The van der Waals surface area contributed by atoms with Crippen LogP contribution in [0.2, 0.25) is 0 Å². The number of sulfonamides is 1. The van der Waals surface area contributed by atoms with Gasteiger partial charge in [0.1, 0.15) is 0 Å². The van der Waals surface area contributed by atoms with Gasteiger partial charge in [-0.05, 0) is 31.0 Å². The number of benzene rings is 1. The topological polar surface area (TPSA) is 75.2 Å². The number of hydrogen-bond donors (Lipinski definition) is 1. The number of hydrogen-bond acceptors (Lipinski definition) is 3. The van der Waals surface area contributed by atoms with Crippen molar-refractivity contribution < 1.29 is 8.42 Å². The molecule has 0 saturated carbocycles. The predicted octanol–water partition coefficient (Wildman–Crippen LogP) is 2.10. The van der Waals surface area contributed by atoms with E-state index < -0.39 is 10.0 Å². The number of para-hydroxylation sites is 1. The van der Waals surface area contributed by atoms with Gasteiger partial charge in [-0.25, -0.2) is 8.42 Å². The summed E-state index contributed by atoms with van der Waals surface area (Å²) in [6.45, 7) is 1.09. The van der Waals surface area contributed by atoms with E-state index in [2.05, 4.69) is 4.98 Å². The lowest BCUT2D eigenvalue weighted by atomic mass is 10.3. The second-order valence-corrected chi connectivity index (χ2v) is 7.79. The van der Waals surface area contributed by atoms with Crippen LogP contribution in [-0.4, -0.2) is 35.4 Å². The quantitative estimate of drug-likeness (QED) is 0.791. The zero-order chi connectivity index (χ0) is 16.7. The molecule has 0 aliphatic carbocycles. The third-order valence-electron chi connectivity index (χ3n) is 4.35. The Bertz CT molecular complexity index is 1050. The first-order valence-electron chi connectivity index (χ1n) is 7.88. The highest BCUT2D eigenvalue weighted by Crippen LogP contribution is 2.24. The molecule has 1 saturated heterocycles. The van der Waals surface area contributed by atoms with Gasteiger partial charge in [-0.3, -0.25) is 9.36 Å². The van der Waals surface area contributed by atoms with Gasteiger partial charge in [0, 0.05) is 30.9 Å². The van der Waals surface area contributed by atoms with Gasteiger partial charge >= 0.3 is 0 Å². The Hall–Kier alpha value is -2.38. The summed E-state index contributed by atoms with van der Waals surface area (Å²) >= 11 is 0. The Morgan fingerprint density at radius 2 is 1.67 bits per heavy atom. The van der Waals surface area contributed by atoms with E-state index in [0.29, 0.717) is 29.8 Å². The van der Waals surface area contributed by atoms with E-state index in [-0.39, 0.29) is 10.6 Å². The maximum atomic E-state index is 12.7. The summed E-state index contributed by atoms with van der Waals surface area (Å²) in [5.74, 6) is 0. The summed E-state index contributed by atoms with van der Waals surface area (Å²) in [6, 6.07) is 13.8. The first kappa shape index (κ1) is 15.2. The Morgan fingerprint density at radius 1 is 0.958 bits per heavy atom. The van der Waals surface area contributed by atoms with Crippen LogP contribution in [0.1, 0.15) is 12.8 Å². The molecule has 0 spiro atoms. The van der Waals surface area contributed by atoms with Crippen LogP contribution in [0.5, 0.6) is 0 Å². The lowest BCUT2D eigenvalue weighted by Crippen LogP contribution is -2.28. The van der Waals surface area contributed by atoms with Crippen molar-refractivity contribution >= 4 is 21.1 Å². The fourth-order valence-corrected chi connectivity index (χ4v) is 4.66. The molecule has 2 aromatic heterocycles. The van der Waals surface area contributed by atoms with E-state index in [9.17, 15) is 13.2 Å². The molecular weight excluding hydrogens is 326 g/mol. The second kappa shape index (κ2) is 5.61. The molecule has 4 rings (SSSR count). The summed E-state index contributed by atoms with van der Waals surface area (Å²) < 4.78 is 28.5. The minimum absolute atomic E-state index is 0.134. The molecule has 0 bridgehead atoms. The van der Waals surface area contributed by atoms with Crippen LogP contribution in [-0.2, 0) is 10.0 Å². The van der Waals surface area contributed by atoms with Crippen molar-refractivity contribution in [1.29, 1.82) is 0 Å². The molecule has 1 N–H and O–H groups in total. The lowest BCUT2D eigenvalue weighted by molar-refractivity contribution is 0.475. The normalized spacial score (nSPS) is 16.0. The second-order valence-electron chi connectivity index (χ2n) is 5.89. The smallest absolute Gasteiger partial charge is 0.258 e. The molecule has 24 heavy (non-hydrogen) atoms. The molecule has 124 valence electrons. The van der Waals surface area contributed by atoms with Gasteiger partial charge in [0.15, 0.2) is 5.03 Å². The number of aromatic amines is 1. The standard InChI is InChI=1S/C17H17N3O3S/c21-17-9-8-14-15(20(17)13-6-2-1-3-7-13)12-16(18-14)24(22,23)19-10-4-5-11-19/h1-3,6-9,12,18H,4-5,10-11H2. The van der Waals surface area contributed by atoms with Crippen LogP contribution in [0.15, 0.2) is 58.4 Å². The van der Waals surface area contributed by atoms with Gasteiger partial charge in [-0.2, -0.15) is 4.31 Å². The molecule has 0 unspecified atom stereocenters. The minimum Gasteiger partial charge on any atom is -0.343 e. The summed E-state index contributed by atoms with van der Waals surface area (Å²) in [4.78, 5) is 15.3. The molecule has 3 heterocycles. The molecule has 0 amide bonds. The van der Waals surface area contributed by atoms with E-state index in [1.54, 1.807) is 12.1 Å². The van der Waals surface area contributed by atoms with E-state index >= 15 is 0 Å². The number of rotatable bonds is 3. The average Bonchev–Trinajstić information content (AvgIpc) is 3.25. The maximum Gasteiger partial charge on any atom is 0.258 e. The fourth-order valence-electron chi connectivity index (χ4n) is 3.14. The van der Waals surface area contributed by atoms with Crippen molar-refractivity contribution in [2.75, 3.05) is 13.1 Å². The van der Waals surface area contributed by atoms with Crippen molar-refractivity contribution in [2.24, 2.45) is 0 Å². The van der Waals surface area contributed by atoms with Crippen molar-refractivity contribution in [3.8, 4) is 5.69 Å². The zero-order valence-corrected chi connectivity index (χ0v) is 13.8. The predicted molar refractivity (Wildman–Crippen MR) is 91.9 cm³/mol. The third-order valence-corrected chi connectivity index (χ3v) is 6.17. The number of aromatic nitrogens is 2. The summed E-state index contributed by atoms with van der Waals surface area (Å²) in [6.07, 6.45) is 1.77. The number of nitrogens with zero attached hydrogens (tertiary/aromatic N) is 2. The molecule has 1 aromatic carbocycles. The van der Waals surface area contributed by atoms with E-state index in [0.717, 1.165) is 12.8 Å². The molecule has 6 nitrogen and oxygen atoms in total. The van der Waals surface area contributed by atoms with Crippen LogP contribution in [0.25, 0.3) is 16.7 Å². The molecule has 1 fully saturated rings. The highest BCUT2D eigenvalue weighted by Gasteiger charge is 2.29. The van der Waals surface area contributed by atoms with Gasteiger partial charge < -0.3 is 4.98 Å². The summed E-state index contributed by atoms with van der Waals surface area (Å²) in [7, 11) is -3.55. The van der Waals surface area contributed by atoms with E-state index in [1.807, 2.05) is 30.3 Å². The minimum atomic E-state index is -3.55. The number of pyridine rings is 1. The fraction of sp³-hybridized carbons (Fsp3) is 0.235. The highest BCUT2D eigenvalue weighted by atomic mass is 32.2. The van der Waals surface area contributed by atoms with E-state index in [4.69, 9.17) is 0 Å². The Kier molecular flexibility index (Phi) is 3.54. The number of H-pyrrole nitrogens is 1. The van der Waals surface area contributed by atoms with Crippen molar-refractivity contribution in [2.45, 2.75) is 17.9 Å². The highest BCUT2D eigenvalue weighted by molar-refractivity contribution is 7.89. The molecule has 1 aliphatic heterocycles. The number of nitrogens with one attached hydrogen (secondary N) is 1. The number of fused-ring (bicyclic) bond motifs is 1. The van der Waals surface area contributed by atoms with Crippen LogP contribution >= 0.6 is 0 Å². The SMILES string of the molecule is O=c1ccc2[nH]c(S(=O)(=O)N3CCCC3)cc2n1-c1ccccc1. The largest absolute Gasteiger partial charge is 0.343 e. The molecule has 0 atom stereocenters. The Morgan fingerprint density at radius 3 is 2.38 bits per heavy atom. The van der Waals surface area contributed by atoms with Crippen molar-refractivity contribution in [1.82, 2.24) is 13.9 Å². The molecule has 3 aromatic rings. The van der Waals surface area contributed by atoms with Gasteiger partial charge in [-0.1, -0.05) is 18.2 Å². The van der Waals surface area contributed by atoms with E-state index in [1.165, 1.54) is 14.9 Å². The Balaban J connectivity index is 1.92. The van der Waals surface area contributed by atoms with Gasteiger partial charge in [-0.15, -0.1) is 0 Å². The molecule has 1 aliphatic rings. The van der Waals surface area contributed by atoms with Crippen LogP contribution in [0.3, 0.4) is 0 Å². The average molecular weight is 343 g/mol. The maximum absolute atomic E-state index is 12.7. The molecule has 7 heteroatoms. The van der Waals surface area contributed by atoms with Crippen LogP contribution in [0.4, 0.5) is 0 Å². The molecular formula is C17H17N3O3S. The monoisotopic (exact) mass is 343 g/mol. The summed E-state index contributed by atoms with van der Waals surface area (Å²) in [5.41, 5.74) is 1.69. The Labute approximate surface area is 139 Å². The van der Waals surface area contributed by atoms with Crippen LogP contribution in [0, 0.1) is 0 Å². The third kappa shape index (κ3) is 2.37. The molecule has 0 radical (unpaired) electrons. The van der Waals surface area contributed by atoms with Crippen molar-refractivity contribution in [3.63, 3.8) is 0 Å². The van der Waals surface area contributed by atoms with Gasteiger partial charge in [0.2, 0.25) is 0 Å². The first-order valence-corrected chi connectivity index (χ1v) is 9.32. The van der Waals surface area contributed by atoms with Crippen LogP contribution < -0.4 is 5.56 Å². The zero-order valence-electron chi connectivity index (χ0n) is 13.0.